The summed E-state index contributed by atoms with van der Waals surface area (Å²) in [5.74, 6) is 0.716. The highest BCUT2D eigenvalue weighted by Crippen LogP contribution is 2.33. The lowest BCUT2D eigenvalue weighted by molar-refractivity contribution is 0.0380. The second-order valence-corrected chi connectivity index (χ2v) is 8.13. The van der Waals surface area contributed by atoms with Gasteiger partial charge in [-0.15, -0.1) is 0 Å². The Kier molecular flexibility index (Phi) is 4.52. The first-order valence-corrected chi connectivity index (χ1v) is 9.66. The monoisotopic (exact) mass is 364 g/mol. The zero-order valence-electron chi connectivity index (χ0n) is 16.7. The van der Waals surface area contributed by atoms with Crippen molar-refractivity contribution in [2.24, 2.45) is 0 Å². The van der Waals surface area contributed by atoms with E-state index in [-0.39, 0.29) is 0 Å². The smallest absolute Gasteiger partial charge is 0.125 e. The Bertz CT molecular complexity index is 972. The van der Waals surface area contributed by atoms with Crippen molar-refractivity contribution in [2.75, 3.05) is 20.1 Å². The van der Waals surface area contributed by atoms with Crippen LogP contribution in [0.1, 0.15) is 35.1 Å². The summed E-state index contributed by atoms with van der Waals surface area (Å²) in [6.07, 6.45) is 5.53. The number of nitrogens with zero attached hydrogens (tertiary/aromatic N) is 4. The molecular formula is C22H28N4O. The molecule has 0 spiro atoms. The van der Waals surface area contributed by atoms with Crippen LogP contribution < -0.4 is 0 Å². The third-order valence-corrected chi connectivity index (χ3v) is 5.78. The van der Waals surface area contributed by atoms with E-state index in [1.165, 1.54) is 27.7 Å². The van der Waals surface area contributed by atoms with Crippen LogP contribution in [0.15, 0.2) is 30.6 Å². The summed E-state index contributed by atoms with van der Waals surface area (Å²) in [5, 5.41) is 12.6. The summed E-state index contributed by atoms with van der Waals surface area (Å²) in [6.45, 7) is 8.47. The predicted octanol–water partition coefficient (Wildman–Crippen LogP) is 2.99. The average Bonchev–Trinajstić information content (AvgIpc) is 2.76. The Hall–Kier alpha value is -2.24. The molecule has 1 N–H and O–H groups in total. The summed E-state index contributed by atoms with van der Waals surface area (Å²) in [4.78, 5) is 10.9. The molecule has 2 aromatic heterocycles. The van der Waals surface area contributed by atoms with Gasteiger partial charge in [-0.25, -0.2) is 9.97 Å². The third-order valence-electron chi connectivity index (χ3n) is 5.78. The molecule has 0 saturated carbocycles. The van der Waals surface area contributed by atoms with E-state index in [0.29, 0.717) is 12.4 Å². The van der Waals surface area contributed by atoms with Gasteiger partial charge in [0, 0.05) is 54.1 Å². The van der Waals surface area contributed by atoms with Gasteiger partial charge in [0.25, 0.3) is 0 Å². The molecule has 1 aliphatic heterocycles. The van der Waals surface area contributed by atoms with Gasteiger partial charge in [-0.2, -0.15) is 0 Å². The van der Waals surface area contributed by atoms with E-state index in [1.807, 2.05) is 13.8 Å². The number of fused-ring (bicyclic) bond motifs is 3. The van der Waals surface area contributed by atoms with Crippen LogP contribution in [0.2, 0.25) is 0 Å². The van der Waals surface area contributed by atoms with Crippen LogP contribution in [0.4, 0.5) is 0 Å². The molecule has 0 radical (unpaired) electrons. The van der Waals surface area contributed by atoms with Crippen molar-refractivity contribution in [1.82, 2.24) is 19.4 Å². The molecule has 1 unspecified atom stereocenters. The Balaban J connectivity index is 1.82. The van der Waals surface area contributed by atoms with Gasteiger partial charge >= 0.3 is 0 Å². The lowest BCUT2D eigenvalue weighted by atomic mass is 9.98. The molecule has 0 fully saturated rings. The number of aromatic nitrogens is 3. The maximum Gasteiger partial charge on any atom is 0.125 e. The van der Waals surface area contributed by atoms with E-state index < -0.39 is 5.60 Å². The maximum absolute atomic E-state index is 11.3. The highest BCUT2D eigenvalue weighted by Gasteiger charge is 2.29. The highest BCUT2D eigenvalue weighted by atomic mass is 16.3. The molecule has 4 rings (SSSR count). The highest BCUT2D eigenvalue weighted by molar-refractivity contribution is 5.86. The summed E-state index contributed by atoms with van der Waals surface area (Å²) in [5.41, 5.74) is 5.00. The van der Waals surface area contributed by atoms with Crippen LogP contribution >= 0.6 is 0 Å². The van der Waals surface area contributed by atoms with Crippen LogP contribution in [0, 0.1) is 13.8 Å². The minimum Gasteiger partial charge on any atom is -0.383 e. The molecule has 5 nitrogen and oxygen atoms in total. The lowest BCUT2D eigenvalue weighted by Crippen LogP contribution is -2.29. The summed E-state index contributed by atoms with van der Waals surface area (Å²) in [7, 11) is 2.18. The summed E-state index contributed by atoms with van der Waals surface area (Å²) in [6, 6.07) is 6.65. The minimum absolute atomic E-state index is 0.498. The predicted molar refractivity (Wildman–Crippen MR) is 108 cm³/mol. The van der Waals surface area contributed by atoms with Gasteiger partial charge in [0.15, 0.2) is 0 Å². The van der Waals surface area contributed by atoms with Crippen molar-refractivity contribution in [3.05, 3.63) is 58.8 Å². The first-order valence-electron chi connectivity index (χ1n) is 9.66. The van der Waals surface area contributed by atoms with Crippen LogP contribution in [0.3, 0.4) is 0 Å². The molecule has 3 aromatic rings. The second kappa shape index (κ2) is 6.73. The van der Waals surface area contributed by atoms with Crippen molar-refractivity contribution in [1.29, 1.82) is 0 Å². The van der Waals surface area contributed by atoms with E-state index in [4.69, 9.17) is 0 Å². The molecule has 0 saturated heterocycles. The number of likely N-dealkylation sites (N-methyl/N-ethyl adjacent to an activating group) is 1. The zero-order valence-corrected chi connectivity index (χ0v) is 16.7. The van der Waals surface area contributed by atoms with Gasteiger partial charge < -0.3 is 14.6 Å². The normalized spacial score (nSPS) is 17.5. The van der Waals surface area contributed by atoms with E-state index in [1.54, 1.807) is 12.4 Å². The summed E-state index contributed by atoms with van der Waals surface area (Å²) >= 11 is 0. The van der Waals surface area contributed by atoms with Gasteiger partial charge in [-0.3, -0.25) is 0 Å². The van der Waals surface area contributed by atoms with Crippen LogP contribution in [0.25, 0.3) is 10.9 Å². The fourth-order valence-electron chi connectivity index (χ4n) is 4.12. The largest absolute Gasteiger partial charge is 0.383 e. The lowest BCUT2D eigenvalue weighted by Gasteiger charge is -2.26. The Morgan fingerprint density at radius 1 is 1.11 bits per heavy atom. The van der Waals surface area contributed by atoms with Crippen molar-refractivity contribution in [2.45, 2.75) is 45.8 Å². The number of hydrogen-bond acceptors (Lipinski definition) is 4. The standard InChI is InChI=1S/C22H28N4O/c1-15-5-6-20-19(11-15)18-7-9-25(4)10-8-21(18)26(20)14-22(3,27)17-12-23-16(2)24-13-17/h5-6,11-13,27H,7-10,14H2,1-4H3. The number of benzene rings is 1. The Morgan fingerprint density at radius 3 is 2.56 bits per heavy atom. The van der Waals surface area contributed by atoms with E-state index >= 15 is 0 Å². The first-order chi connectivity index (χ1) is 12.8. The van der Waals surface area contributed by atoms with Gasteiger partial charge in [0.05, 0.1) is 6.54 Å². The zero-order chi connectivity index (χ0) is 19.2. The van der Waals surface area contributed by atoms with Gasteiger partial charge in [-0.05, 0) is 51.9 Å². The SMILES string of the molecule is Cc1ccc2c(c1)c1c(n2CC(C)(O)c2cnc(C)nc2)CCN(C)CC1. The van der Waals surface area contributed by atoms with Gasteiger partial charge in [0.1, 0.15) is 11.4 Å². The van der Waals surface area contributed by atoms with Gasteiger partial charge in [0.2, 0.25) is 0 Å². The fraction of sp³-hybridized carbons (Fsp3) is 0.455. The Morgan fingerprint density at radius 2 is 1.81 bits per heavy atom. The molecule has 1 atom stereocenters. The molecule has 0 amide bonds. The number of hydrogen-bond donors (Lipinski definition) is 1. The van der Waals surface area contributed by atoms with Crippen LogP contribution in [-0.4, -0.2) is 44.7 Å². The topological polar surface area (TPSA) is 54.2 Å². The van der Waals surface area contributed by atoms with Crippen LogP contribution in [-0.2, 0) is 25.0 Å². The molecule has 142 valence electrons. The van der Waals surface area contributed by atoms with E-state index in [9.17, 15) is 5.11 Å². The molecule has 27 heavy (non-hydrogen) atoms. The quantitative estimate of drug-likeness (QED) is 0.776. The summed E-state index contributed by atoms with van der Waals surface area (Å²) < 4.78 is 2.32. The van der Waals surface area contributed by atoms with Crippen molar-refractivity contribution in [3.63, 3.8) is 0 Å². The van der Waals surface area contributed by atoms with E-state index in [0.717, 1.165) is 31.5 Å². The molecule has 5 heteroatoms. The van der Waals surface area contributed by atoms with E-state index in [2.05, 4.69) is 51.6 Å². The second-order valence-electron chi connectivity index (χ2n) is 8.13. The van der Waals surface area contributed by atoms with Gasteiger partial charge in [-0.1, -0.05) is 11.6 Å². The number of aliphatic hydroxyl groups is 1. The fourth-order valence-corrected chi connectivity index (χ4v) is 4.12. The van der Waals surface area contributed by atoms with Crippen molar-refractivity contribution in [3.8, 4) is 0 Å². The van der Waals surface area contributed by atoms with Crippen LogP contribution in [0.5, 0.6) is 0 Å². The first kappa shape index (κ1) is 18.1. The van der Waals surface area contributed by atoms with Crippen molar-refractivity contribution < 1.29 is 5.11 Å². The third kappa shape index (κ3) is 3.37. The number of rotatable bonds is 3. The molecule has 1 aromatic carbocycles. The molecule has 3 heterocycles. The number of aryl methyl sites for hydroxylation is 2. The maximum atomic E-state index is 11.3. The molecular weight excluding hydrogens is 336 g/mol. The minimum atomic E-state index is -1.03. The molecule has 0 bridgehead atoms. The van der Waals surface area contributed by atoms with Crippen molar-refractivity contribution >= 4 is 10.9 Å². The Labute approximate surface area is 160 Å². The molecule has 1 aliphatic rings. The molecule has 0 aliphatic carbocycles. The average molecular weight is 364 g/mol.